The van der Waals surface area contributed by atoms with Gasteiger partial charge >= 0.3 is 0 Å². The molecule has 0 bridgehead atoms. The van der Waals surface area contributed by atoms with Gasteiger partial charge < -0.3 is 15.5 Å². The van der Waals surface area contributed by atoms with Crippen molar-refractivity contribution in [3.63, 3.8) is 0 Å². The summed E-state index contributed by atoms with van der Waals surface area (Å²) in [6.07, 6.45) is 0. The molecule has 0 unspecified atom stereocenters. The van der Waals surface area contributed by atoms with Crippen molar-refractivity contribution in [2.75, 3.05) is 43.4 Å². The van der Waals surface area contributed by atoms with Gasteiger partial charge in [-0.2, -0.15) is 0 Å². The number of piperazine rings is 1. The number of benzene rings is 1. The molecule has 1 heterocycles. The summed E-state index contributed by atoms with van der Waals surface area (Å²) in [6, 6.07) is 6.99. The van der Waals surface area contributed by atoms with Gasteiger partial charge in [0.05, 0.1) is 6.54 Å². The molecule has 2 rings (SSSR count). The van der Waals surface area contributed by atoms with Gasteiger partial charge in [-0.05, 0) is 24.3 Å². The van der Waals surface area contributed by atoms with Crippen LogP contribution in [0.5, 0.6) is 0 Å². The van der Waals surface area contributed by atoms with E-state index in [1.54, 1.807) is 24.3 Å². The van der Waals surface area contributed by atoms with E-state index in [0.717, 1.165) is 0 Å². The second-order valence-corrected chi connectivity index (χ2v) is 7.63. The van der Waals surface area contributed by atoms with E-state index in [1.807, 2.05) is 30.6 Å². The van der Waals surface area contributed by atoms with Gasteiger partial charge in [-0.15, -0.1) is 0 Å². The average Bonchev–Trinajstić information content (AvgIpc) is 2.55. The number of nitrogens with one attached hydrogen (secondary N) is 2. The maximum Gasteiger partial charge on any atom is 0.238 e. The molecule has 26 heavy (non-hydrogen) atoms. The zero-order valence-corrected chi connectivity index (χ0v) is 16.0. The normalized spacial score (nSPS) is 15.5. The molecule has 1 saturated heterocycles. The zero-order valence-electron chi connectivity index (χ0n) is 16.0. The van der Waals surface area contributed by atoms with Gasteiger partial charge in [0.15, 0.2) is 0 Å². The maximum atomic E-state index is 12.3. The Labute approximate surface area is 154 Å². The van der Waals surface area contributed by atoms with Crippen molar-refractivity contribution < 1.29 is 14.4 Å². The Hall–Kier alpha value is -2.41. The molecule has 0 aromatic heterocycles. The van der Waals surface area contributed by atoms with Gasteiger partial charge in [0.1, 0.15) is 0 Å². The van der Waals surface area contributed by atoms with E-state index in [9.17, 15) is 14.4 Å². The number of hydrogen-bond acceptors (Lipinski definition) is 4. The summed E-state index contributed by atoms with van der Waals surface area (Å²) in [7, 11) is 0. The highest BCUT2D eigenvalue weighted by atomic mass is 16.2. The summed E-state index contributed by atoms with van der Waals surface area (Å²) in [5, 5.41) is 5.54. The standard InChI is InChI=1S/C19H28N4O3/c1-14(24)20-15-5-7-16(8-6-15)21-17(25)13-22-9-11-23(12-10-22)18(26)19(2,3)4/h5-8H,9-13H2,1-4H3,(H,20,24)(H,21,25). The Morgan fingerprint density at radius 1 is 0.923 bits per heavy atom. The molecule has 0 saturated carbocycles. The van der Waals surface area contributed by atoms with Crippen molar-refractivity contribution in [1.82, 2.24) is 9.80 Å². The Morgan fingerprint density at radius 3 is 1.88 bits per heavy atom. The summed E-state index contributed by atoms with van der Waals surface area (Å²) in [4.78, 5) is 39.4. The molecule has 1 aromatic rings. The second-order valence-electron chi connectivity index (χ2n) is 7.63. The minimum atomic E-state index is -0.372. The van der Waals surface area contributed by atoms with Gasteiger partial charge in [0, 0.05) is 49.9 Å². The van der Waals surface area contributed by atoms with Gasteiger partial charge in [0.25, 0.3) is 0 Å². The fourth-order valence-electron chi connectivity index (χ4n) is 2.83. The van der Waals surface area contributed by atoms with Crippen molar-refractivity contribution in [2.45, 2.75) is 27.7 Å². The topological polar surface area (TPSA) is 81.8 Å². The van der Waals surface area contributed by atoms with E-state index in [-0.39, 0.29) is 23.1 Å². The SMILES string of the molecule is CC(=O)Nc1ccc(NC(=O)CN2CCN(C(=O)C(C)(C)C)CC2)cc1. The Morgan fingerprint density at radius 2 is 1.42 bits per heavy atom. The second kappa shape index (κ2) is 8.31. The molecule has 0 atom stereocenters. The van der Waals surface area contributed by atoms with Crippen LogP contribution in [0, 0.1) is 5.41 Å². The minimum Gasteiger partial charge on any atom is -0.340 e. The third-order valence-electron chi connectivity index (χ3n) is 4.16. The van der Waals surface area contributed by atoms with E-state index in [0.29, 0.717) is 44.1 Å². The van der Waals surface area contributed by atoms with Crippen molar-refractivity contribution in [3.8, 4) is 0 Å². The lowest BCUT2D eigenvalue weighted by Gasteiger charge is -2.37. The number of carbonyl (C=O) groups excluding carboxylic acids is 3. The van der Waals surface area contributed by atoms with Gasteiger partial charge in [-0.1, -0.05) is 20.8 Å². The third-order valence-corrected chi connectivity index (χ3v) is 4.16. The molecule has 7 heteroatoms. The van der Waals surface area contributed by atoms with Crippen LogP contribution in [-0.4, -0.2) is 60.2 Å². The molecule has 2 N–H and O–H groups in total. The molecule has 1 aliphatic rings. The van der Waals surface area contributed by atoms with Crippen LogP contribution in [0.1, 0.15) is 27.7 Å². The predicted molar refractivity (Wildman–Crippen MR) is 102 cm³/mol. The van der Waals surface area contributed by atoms with Crippen LogP contribution in [0.3, 0.4) is 0 Å². The molecule has 0 spiro atoms. The first-order chi connectivity index (χ1) is 12.1. The molecule has 7 nitrogen and oxygen atoms in total. The van der Waals surface area contributed by atoms with Crippen molar-refractivity contribution in [2.24, 2.45) is 5.41 Å². The fraction of sp³-hybridized carbons (Fsp3) is 0.526. The summed E-state index contributed by atoms with van der Waals surface area (Å²) >= 11 is 0. The molecule has 0 aliphatic carbocycles. The molecule has 142 valence electrons. The van der Waals surface area contributed by atoms with E-state index in [4.69, 9.17) is 0 Å². The van der Waals surface area contributed by atoms with Crippen LogP contribution < -0.4 is 10.6 Å². The summed E-state index contributed by atoms with van der Waals surface area (Å²) in [5.74, 6) is -0.0698. The number of amides is 3. The van der Waals surface area contributed by atoms with Crippen LogP contribution in [0.4, 0.5) is 11.4 Å². The number of nitrogens with zero attached hydrogens (tertiary/aromatic N) is 2. The van der Waals surface area contributed by atoms with Crippen molar-refractivity contribution in [3.05, 3.63) is 24.3 Å². The van der Waals surface area contributed by atoms with Gasteiger partial charge in [-0.25, -0.2) is 0 Å². The average molecular weight is 360 g/mol. The van der Waals surface area contributed by atoms with E-state index >= 15 is 0 Å². The van der Waals surface area contributed by atoms with Crippen LogP contribution in [0.15, 0.2) is 24.3 Å². The number of anilines is 2. The highest BCUT2D eigenvalue weighted by Gasteiger charge is 2.29. The highest BCUT2D eigenvalue weighted by Crippen LogP contribution is 2.18. The molecule has 1 aromatic carbocycles. The Kier molecular flexibility index (Phi) is 6.37. The lowest BCUT2D eigenvalue weighted by molar-refractivity contribution is -0.141. The van der Waals surface area contributed by atoms with Crippen molar-refractivity contribution >= 4 is 29.1 Å². The van der Waals surface area contributed by atoms with Crippen LogP contribution in [-0.2, 0) is 14.4 Å². The van der Waals surface area contributed by atoms with Crippen LogP contribution >= 0.6 is 0 Å². The lowest BCUT2D eigenvalue weighted by Crippen LogP contribution is -2.52. The van der Waals surface area contributed by atoms with Crippen LogP contribution in [0.25, 0.3) is 0 Å². The Bertz CT molecular complexity index is 656. The maximum absolute atomic E-state index is 12.3. The lowest BCUT2D eigenvalue weighted by atomic mass is 9.94. The van der Waals surface area contributed by atoms with Gasteiger partial charge in [-0.3, -0.25) is 19.3 Å². The molecule has 3 amide bonds. The zero-order chi connectivity index (χ0) is 19.3. The van der Waals surface area contributed by atoms with E-state index in [2.05, 4.69) is 10.6 Å². The highest BCUT2D eigenvalue weighted by molar-refractivity contribution is 5.93. The summed E-state index contributed by atoms with van der Waals surface area (Å²) in [5.41, 5.74) is 1.00. The van der Waals surface area contributed by atoms with Crippen molar-refractivity contribution in [1.29, 1.82) is 0 Å². The quantitative estimate of drug-likeness (QED) is 0.857. The first-order valence-corrected chi connectivity index (χ1v) is 8.84. The third kappa shape index (κ3) is 5.84. The van der Waals surface area contributed by atoms with Gasteiger partial charge in [0.2, 0.25) is 17.7 Å². The molecular weight excluding hydrogens is 332 g/mol. The largest absolute Gasteiger partial charge is 0.340 e. The first kappa shape index (κ1) is 19.9. The summed E-state index contributed by atoms with van der Waals surface area (Å²) < 4.78 is 0. The van der Waals surface area contributed by atoms with E-state index in [1.165, 1.54) is 6.92 Å². The number of carbonyl (C=O) groups is 3. The monoisotopic (exact) mass is 360 g/mol. The number of hydrogen-bond donors (Lipinski definition) is 2. The summed E-state index contributed by atoms with van der Waals surface area (Å²) in [6.45, 7) is 10.2. The molecule has 1 fully saturated rings. The molecular formula is C19H28N4O3. The fourth-order valence-corrected chi connectivity index (χ4v) is 2.83. The smallest absolute Gasteiger partial charge is 0.238 e. The minimum absolute atomic E-state index is 0.0899. The predicted octanol–water partition coefficient (Wildman–Crippen LogP) is 1.77. The van der Waals surface area contributed by atoms with E-state index < -0.39 is 0 Å². The molecule has 1 aliphatic heterocycles. The Balaban J connectivity index is 1.79. The first-order valence-electron chi connectivity index (χ1n) is 8.84. The molecule has 0 radical (unpaired) electrons. The number of rotatable bonds is 4. The van der Waals surface area contributed by atoms with Crippen LogP contribution in [0.2, 0.25) is 0 Å².